The van der Waals surface area contributed by atoms with E-state index in [1.54, 1.807) is 0 Å². The first kappa shape index (κ1) is 11.6. The molecule has 3 nitrogen and oxygen atoms in total. The van der Waals surface area contributed by atoms with E-state index < -0.39 is 0 Å². The summed E-state index contributed by atoms with van der Waals surface area (Å²) >= 11 is 3.35. The van der Waals surface area contributed by atoms with E-state index in [1.807, 2.05) is 0 Å². The summed E-state index contributed by atoms with van der Waals surface area (Å²) in [5, 5.41) is 3.47. The second kappa shape index (κ2) is 4.95. The van der Waals surface area contributed by atoms with Gasteiger partial charge in [0.1, 0.15) is 0 Å². The standard InChI is InChI=1S/C11H18BrNO2/c1-9(12)8-13-10-2-4-11(5-3-10)14-6-7-15-11/h10,13H,1-8H2. The highest BCUT2D eigenvalue weighted by molar-refractivity contribution is 9.11. The zero-order chi connectivity index (χ0) is 10.7. The van der Waals surface area contributed by atoms with Crippen molar-refractivity contribution >= 4 is 15.9 Å². The van der Waals surface area contributed by atoms with Crippen molar-refractivity contribution in [3.05, 3.63) is 11.1 Å². The number of hydrogen-bond acceptors (Lipinski definition) is 3. The van der Waals surface area contributed by atoms with Crippen LogP contribution in [0.15, 0.2) is 11.1 Å². The van der Waals surface area contributed by atoms with E-state index in [-0.39, 0.29) is 5.79 Å². The highest BCUT2D eigenvalue weighted by Gasteiger charge is 2.39. The van der Waals surface area contributed by atoms with E-state index in [0.29, 0.717) is 6.04 Å². The van der Waals surface area contributed by atoms with Crippen molar-refractivity contribution in [3.63, 3.8) is 0 Å². The van der Waals surface area contributed by atoms with Crippen LogP contribution < -0.4 is 5.32 Å². The average molecular weight is 276 g/mol. The lowest BCUT2D eigenvalue weighted by Gasteiger charge is -2.35. The Morgan fingerprint density at radius 1 is 1.33 bits per heavy atom. The molecule has 0 unspecified atom stereocenters. The lowest BCUT2D eigenvalue weighted by Crippen LogP contribution is -2.42. The van der Waals surface area contributed by atoms with Gasteiger partial charge in [-0.2, -0.15) is 0 Å². The Hall–Kier alpha value is 0.1000. The first-order valence-electron chi connectivity index (χ1n) is 5.55. The fraction of sp³-hybridized carbons (Fsp3) is 0.818. The maximum absolute atomic E-state index is 5.68. The average Bonchev–Trinajstić information content (AvgIpc) is 2.66. The summed E-state index contributed by atoms with van der Waals surface area (Å²) in [6.07, 6.45) is 4.28. The molecule has 15 heavy (non-hydrogen) atoms. The summed E-state index contributed by atoms with van der Waals surface area (Å²) in [4.78, 5) is 0. The van der Waals surface area contributed by atoms with Crippen LogP contribution in [0.3, 0.4) is 0 Å². The summed E-state index contributed by atoms with van der Waals surface area (Å²) in [7, 11) is 0. The molecule has 86 valence electrons. The Bertz CT molecular complexity index is 229. The Morgan fingerprint density at radius 2 is 1.93 bits per heavy atom. The molecule has 1 heterocycles. The van der Waals surface area contributed by atoms with E-state index in [4.69, 9.17) is 9.47 Å². The monoisotopic (exact) mass is 275 g/mol. The fourth-order valence-electron chi connectivity index (χ4n) is 2.30. The van der Waals surface area contributed by atoms with Gasteiger partial charge in [-0.1, -0.05) is 22.5 Å². The van der Waals surface area contributed by atoms with Crippen molar-refractivity contribution < 1.29 is 9.47 Å². The van der Waals surface area contributed by atoms with Crippen molar-refractivity contribution in [2.24, 2.45) is 0 Å². The van der Waals surface area contributed by atoms with Gasteiger partial charge >= 0.3 is 0 Å². The largest absolute Gasteiger partial charge is 0.348 e. The SMILES string of the molecule is C=C(Br)CNC1CCC2(CC1)OCCO2. The number of ether oxygens (including phenoxy) is 2. The summed E-state index contributed by atoms with van der Waals surface area (Å²) in [5.74, 6) is -0.233. The Morgan fingerprint density at radius 3 is 2.47 bits per heavy atom. The topological polar surface area (TPSA) is 30.5 Å². The molecule has 1 saturated heterocycles. The van der Waals surface area contributed by atoms with E-state index in [9.17, 15) is 0 Å². The molecular formula is C11H18BrNO2. The van der Waals surface area contributed by atoms with Crippen LogP contribution in [0.5, 0.6) is 0 Å². The fourth-order valence-corrected chi connectivity index (χ4v) is 2.46. The molecule has 0 aromatic heterocycles. The molecular weight excluding hydrogens is 258 g/mol. The van der Waals surface area contributed by atoms with E-state index in [2.05, 4.69) is 27.8 Å². The summed E-state index contributed by atoms with van der Waals surface area (Å²) in [5.41, 5.74) is 0. The summed E-state index contributed by atoms with van der Waals surface area (Å²) in [6, 6.07) is 0.581. The number of hydrogen-bond donors (Lipinski definition) is 1. The summed E-state index contributed by atoms with van der Waals surface area (Å²) in [6.45, 7) is 6.18. The molecule has 0 aromatic carbocycles. The van der Waals surface area contributed by atoms with Crippen molar-refractivity contribution in [1.29, 1.82) is 0 Å². The van der Waals surface area contributed by atoms with Gasteiger partial charge in [0, 0.05) is 29.9 Å². The molecule has 1 aliphatic carbocycles. The lowest BCUT2D eigenvalue weighted by molar-refractivity contribution is -0.179. The van der Waals surface area contributed by atoms with E-state index >= 15 is 0 Å². The van der Waals surface area contributed by atoms with E-state index in [0.717, 1.165) is 49.9 Å². The lowest BCUT2D eigenvalue weighted by atomic mass is 9.90. The Balaban J connectivity index is 1.74. The van der Waals surface area contributed by atoms with Gasteiger partial charge in [0.25, 0.3) is 0 Å². The van der Waals surface area contributed by atoms with Gasteiger partial charge in [-0.3, -0.25) is 0 Å². The molecule has 4 heteroatoms. The molecule has 1 N–H and O–H groups in total. The van der Waals surface area contributed by atoms with Gasteiger partial charge < -0.3 is 14.8 Å². The molecule has 0 aromatic rings. The summed E-state index contributed by atoms with van der Waals surface area (Å²) < 4.78 is 12.4. The number of nitrogens with one attached hydrogen (secondary N) is 1. The third-order valence-corrected chi connectivity index (χ3v) is 3.42. The van der Waals surface area contributed by atoms with Gasteiger partial charge in [-0.25, -0.2) is 0 Å². The van der Waals surface area contributed by atoms with Crippen molar-refractivity contribution in [1.82, 2.24) is 5.32 Å². The van der Waals surface area contributed by atoms with Crippen molar-refractivity contribution in [2.45, 2.75) is 37.5 Å². The molecule has 1 saturated carbocycles. The maximum Gasteiger partial charge on any atom is 0.168 e. The van der Waals surface area contributed by atoms with Gasteiger partial charge in [-0.05, 0) is 12.8 Å². The minimum Gasteiger partial charge on any atom is -0.348 e. The predicted molar refractivity (Wildman–Crippen MR) is 63.0 cm³/mol. The van der Waals surface area contributed by atoms with Crippen LogP contribution in [0.25, 0.3) is 0 Å². The molecule has 1 spiro atoms. The quantitative estimate of drug-likeness (QED) is 0.857. The zero-order valence-corrected chi connectivity index (χ0v) is 10.5. The molecule has 0 radical (unpaired) electrons. The van der Waals surface area contributed by atoms with Crippen molar-refractivity contribution in [2.75, 3.05) is 19.8 Å². The first-order chi connectivity index (χ1) is 7.20. The zero-order valence-electron chi connectivity index (χ0n) is 8.93. The normalized spacial score (nSPS) is 25.9. The van der Waals surface area contributed by atoms with Gasteiger partial charge in [0.15, 0.2) is 5.79 Å². The molecule has 0 bridgehead atoms. The van der Waals surface area contributed by atoms with Gasteiger partial charge in [0.2, 0.25) is 0 Å². The minimum absolute atomic E-state index is 0.233. The van der Waals surface area contributed by atoms with Crippen LogP contribution in [0.1, 0.15) is 25.7 Å². The second-order valence-corrected chi connectivity index (χ2v) is 5.40. The van der Waals surface area contributed by atoms with Gasteiger partial charge in [-0.15, -0.1) is 0 Å². The van der Waals surface area contributed by atoms with Crippen molar-refractivity contribution in [3.8, 4) is 0 Å². The molecule has 2 fully saturated rings. The molecule has 0 amide bonds. The molecule has 2 rings (SSSR count). The van der Waals surface area contributed by atoms with E-state index in [1.165, 1.54) is 0 Å². The molecule has 0 atom stereocenters. The Labute approximate surface area is 99.3 Å². The van der Waals surface area contributed by atoms with Crippen LogP contribution in [0, 0.1) is 0 Å². The van der Waals surface area contributed by atoms with Crippen LogP contribution >= 0.6 is 15.9 Å². The highest BCUT2D eigenvalue weighted by atomic mass is 79.9. The van der Waals surface area contributed by atoms with Crippen LogP contribution in [0.2, 0.25) is 0 Å². The molecule has 1 aliphatic heterocycles. The smallest absolute Gasteiger partial charge is 0.168 e. The third-order valence-electron chi connectivity index (χ3n) is 3.14. The number of rotatable bonds is 3. The highest BCUT2D eigenvalue weighted by Crippen LogP contribution is 2.35. The predicted octanol–water partition coefficient (Wildman–Crippen LogP) is 2.17. The third kappa shape index (κ3) is 3.03. The maximum atomic E-state index is 5.68. The molecule has 2 aliphatic rings. The number of halogens is 1. The second-order valence-electron chi connectivity index (χ2n) is 4.28. The van der Waals surface area contributed by atoms with Crippen LogP contribution in [0.4, 0.5) is 0 Å². The first-order valence-corrected chi connectivity index (χ1v) is 6.34. The van der Waals surface area contributed by atoms with Gasteiger partial charge in [0.05, 0.1) is 13.2 Å². The van der Waals surface area contributed by atoms with Crippen LogP contribution in [-0.4, -0.2) is 31.6 Å². The van der Waals surface area contributed by atoms with Crippen LogP contribution in [-0.2, 0) is 9.47 Å². The minimum atomic E-state index is -0.233. The Kier molecular flexibility index (Phi) is 3.83.